The zero-order chi connectivity index (χ0) is 17.9. The number of aliphatic hydroxyl groups is 3. The van der Waals surface area contributed by atoms with Gasteiger partial charge in [-0.2, -0.15) is 0 Å². The van der Waals surface area contributed by atoms with E-state index >= 15 is 0 Å². The molecule has 0 spiro atoms. The number of ether oxygens (including phenoxy) is 1. The Kier molecular flexibility index (Phi) is 10.2. The van der Waals surface area contributed by atoms with E-state index in [9.17, 15) is 20.1 Å². The van der Waals surface area contributed by atoms with E-state index in [-0.39, 0.29) is 12.5 Å². The standard InChI is InChI=1S/C18H32O6/c1-2-16-15(21)12-17(24-16)14(20)11-10-13(19)8-6-4-3-5-7-9-18(22)23/h10-11,13-17,19-21H,2-9,12H2,1H3,(H,22,23)/b11-10+/t13-,14+,15+,16+,17+/m1/s1. The highest BCUT2D eigenvalue weighted by Crippen LogP contribution is 2.25. The van der Waals surface area contributed by atoms with E-state index < -0.39 is 30.4 Å². The van der Waals surface area contributed by atoms with Gasteiger partial charge < -0.3 is 25.2 Å². The zero-order valence-electron chi connectivity index (χ0n) is 14.5. The lowest BCUT2D eigenvalue weighted by molar-refractivity contribution is -0.137. The van der Waals surface area contributed by atoms with Gasteiger partial charge in [0.1, 0.15) is 0 Å². The fourth-order valence-corrected chi connectivity index (χ4v) is 2.97. The number of aliphatic hydroxyl groups excluding tert-OH is 3. The lowest BCUT2D eigenvalue weighted by Gasteiger charge is -2.16. The molecule has 0 aromatic heterocycles. The SMILES string of the molecule is CC[C@@H]1O[C@H]([C@@H](O)/C=C/[C@H](O)CCCCCCCC(=O)O)C[C@@H]1O. The van der Waals surface area contributed by atoms with Crippen LogP contribution in [-0.2, 0) is 9.53 Å². The largest absolute Gasteiger partial charge is 0.481 e. The molecular formula is C18H32O6. The van der Waals surface area contributed by atoms with E-state index in [1.165, 1.54) is 0 Å². The third-order valence-electron chi connectivity index (χ3n) is 4.46. The van der Waals surface area contributed by atoms with Gasteiger partial charge in [0.05, 0.1) is 30.5 Å². The van der Waals surface area contributed by atoms with Gasteiger partial charge in [0.15, 0.2) is 0 Å². The van der Waals surface area contributed by atoms with E-state index in [0.717, 1.165) is 25.7 Å². The molecule has 6 nitrogen and oxygen atoms in total. The van der Waals surface area contributed by atoms with Crippen molar-refractivity contribution in [3.05, 3.63) is 12.2 Å². The summed E-state index contributed by atoms with van der Waals surface area (Å²) in [7, 11) is 0. The molecule has 1 aliphatic heterocycles. The van der Waals surface area contributed by atoms with Crippen LogP contribution in [0.5, 0.6) is 0 Å². The number of carbonyl (C=O) groups is 1. The first-order valence-electron chi connectivity index (χ1n) is 9.03. The van der Waals surface area contributed by atoms with Gasteiger partial charge in [-0.05, 0) is 19.3 Å². The number of carboxylic acid groups (broad SMARTS) is 1. The summed E-state index contributed by atoms with van der Waals surface area (Å²) in [5, 5.41) is 38.3. The van der Waals surface area contributed by atoms with Crippen LogP contribution in [0.3, 0.4) is 0 Å². The fraction of sp³-hybridized carbons (Fsp3) is 0.833. The van der Waals surface area contributed by atoms with Gasteiger partial charge in [-0.15, -0.1) is 0 Å². The molecule has 140 valence electrons. The predicted molar refractivity (Wildman–Crippen MR) is 90.7 cm³/mol. The number of aliphatic carboxylic acids is 1. The number of carboxylic acids is 1. The van der Waals surface area contributed by atoms with E-state index in [1.807, 2.05) is 6.92 Å². The second kappa shape index (κ2) is 11.6. The normalized spacial score (nSPS) is 26.8. The van der Waals surface area contributed by atoms with Crippen molar-refractivity contribution in [2.75, 3.05) is 0 Å². The van der Waals surface area contributed by atoms with Crippen molar-refractivity contribution in [3.8, 4) is 0 Å². The van der Waals surface area contributed by atoms with Gasteiger partial charge in [0.2, 0.25) is 0 Å². The van der Waals surface area contributed by atoms with Gasteiger partial charge in [0.25, 0.3) is 0 Å². The highest BCUT2D eigenvalue weighted by molar-refractivity contribution is 5.66. The van der Waals surface area contributed by atoms with Crippen LogP contribution in [0.2, 0.25) is 0 Å². The number of hydrogen-bond acceptors (Lipinski definition) is 5. The van der Waals surface area contributed by atoms with E-state index in [4.69, 9.17) is 9.84 Å². The second-order valence-electron chi connectivity index (χ2n) is 6.57. The minimum Gasteiger partial charge on any atom is -0.481 e. The Morgan fingerprint density at radius 2 is 1.83 bits per heavy atom. The molecule has 0 aromatic rings. The summed E-state index contributed by atoms with van der Waals surface area (Å²) in [6.07, 6.45) is 6.92. The zero-order valence-corrected chi connectivity index (χ0v) is 14.5. The Morgan fingerprint density at radius 1 is 1.17 bits per heavy atom. The summed E-state index contributed by atoms with van der Waals surface area (Å²) in [6, 6.07) is 0. The molecule has 0 aliphatic carbocycles. The Labute approximate surface area is 144 Å². The molecule has 4 N–H and O–H groups in total. The average molecular weight is 344 g/mol. The van der Waals surface area contributed by atoms with Crippen LogP contribution < -0.4 is 0 Å². The summed E-state index contributed by atoms with van der Waals surface area (Å²) in [6.45, 7) is 1.93. The maximum Gasteiger partial charge on any atom is 0.303 e. The Bertz CT molecular complexity index is 384. The topological polar surface area (TPSA) is 107 Å². The highest BCUT2D eigenvalue weighted by atomic mass is 16.5. The molecular weight excluding hydrogens is 312 g/mol. The molecule has 0 aromatic carbocycles. The summed E-state index contributed by atoms with van der Waals surface area (Å²) in [5.74, 6) is -0.752. The van der Waals surface area contributed by atoms with E-state index in [2.05, 4.69) is 0 Å². The first-order valence-corrected chi connectivity index (χ1v) is 9.03. The molecule has 1 rings (SSSR count). The molecule has 5 atom stereocenters. The van der Waals surface area contributed by atoms with Crippen LogP contribution >= 0.6 is 0 Å². The summed E-state index contributed by atoms with van der Waals surface area (Å²) >= 11 is 0. The van der Waals surface area contributed by atoms with Crippen LogP contribution in [0.4, 0.5) is 0 Å². The molecule has 1 fully saturated rings. The first-order chi connectivity index (χ1) is 11.4. The highest BCUT2D eigenvalue weighted by Gasteiger charge is 2.35. The van der Waals surface area contributed by atoms with Crippen LogP contribution in [0.15, 0.2) is 12.2 Å². The van der Waals surface area contributed by atoms with Crippen molar-refractivity contribution in [1.82, 2.24) is 0 Å². The summed E-state index contributed by atoms with van der Waals surface area (Å²) in [5.41, 5.74) is 0. The molecule has 1 saturated heterocycles. The Hall–Kier alpha value is -0.950. The van der Waals surface area contributed by atoms with Crippen molar-refractivity contribution in [2.45, 2.75) is 95.2 Å². The lowest BCUT2D eigenvalue weighted by Crippen LogP contribution is -2.24. The minimum absolute atomic E-state index is 0.218. The van der Waals surface area contributed by atoms with Crippen LogP contribution in [0.25, 0.3) is 0 Å². The van der Waals surface area contributed by atoms with Gasteiger partial charge in [0, 0.05) is 12.8 Å². The molecule has 6 heteroatoms. The van der Waals surface area contributed by atoms with E-state index in [0.29, 0.717) is 25.7 Å². The molecule has 0 bridgehead atoms. The molecule has 0 saturated carbocycles. The lowest BCUT2D eigenvalue weighted by atomic mass is 10.0. The second-order valence-corrected chi connectivity index (χ2v) is 6.57. The maximum atomic E-state index is 10.4. The Balaban J connectivity index is 2.12. The van der Waals surface area contributed by atoms with Gasteiger partial charge >= 0.3 is 5.97 Å². The smallest absolute Gasteiger partial charge is 0.303 e. The number of hydrogen-bond donors (Lipinski definition) is 4. The maximum absolute atomic E-state index is 10.4. The number of unbranched alkanes of at least 4 members (excludes halogenated alkanes) is 4. The summed E-state index contributed by atoms with van der Waals surface area (Å²) in [4.78, 5) is 10.4. The molecule has 0 radical (unpaired) electrons. The van der Waals surface area contributed by atoms with Gasteiger partial charge in [-0.3, -0.25) is 4.79 Å². The molecule has 24 heavy (non-hydrogen) atoms. The van der Waals surface area contributed by atoms with Crippen molar-refractivity contribution in [1.29, 1.82) is 0 Å². The summed E-state index contributed by atoms with van der Waals surface area (Å²) < 4.78 is 5.60. The first kappa shape index (κ1) is 21.1. The van der Waals surface area contributed by atoms with Gasteiger partial charge in [-0.1, -0.05) is 44.8 Å². The van der Waals surface area contributed by atoms with Crippen molar-refractivity contribution in [3.63, 3.8) is 0 Å². The third kappa shape index (κ3) is 8.24. The van der Waals surface area contributed by atoms with Crippen molar-refractivity contribution in [2.24, 2.45) is 0 Å². The molecule has 1 aliphatic rings. The average Bonchev–Trinajstić information content (AvgIpc) is 2.92. The van der Waals surface area contributed by atoms with Crippen LogP contribution in [-0.4, -0.2) is 56.9 Å². The molecule has 1 heterocycles. The van der Waals surface area contributed by atoms with Crippen LogP contribution in [0.1, 0.15) is 64.7 Å². The monoisotopic (exact) mass is 344 g/mol. The third-order valence-corrected chi connectivity index (χ3v) is 4.46. The van der Waals surface area contributed by atoms with E-state index in [1.54, 1.807) is 12.2 Å². The molecule has 0 unspecified atom stereocenters. The fourth-order valence-electron chi connectivity index (χ4n) is 2.97. The quantitative estimate of drug-likeness (QED) is 0.319. The Morgan fingerprint density at radius 3 is 2.46 bits per heavy atom. The van der Waals surface area contributed by atoms with Gasteiger partial charge in [-0.25, -0.2) is 0 Å². The van der Waals surface area contributed by atoms with Crippen molar-refractivity contribution >= 4 is 5.97 Å². The van der Waals surface area contributed by atoms with Crippen LogP contribution in [0, 0.1) is 0 Å². The van der Waals surface area contributed by atoms with Crippen molar-refractivity contribution < 1.29 is 30.0 Å². The number of rotatable bonds is 12. The molecule has 0 amide bonds. The predicted octanol–water partition coefficient (Wildman–Crippen LogP) is 2.01. The minimum atomic E-state index is -0.818.